The Morgan fingerprint density at radius 2 is 1.71 bits per heavy atom. The summed E-state index contributed by atoms with van der Waals surface area (Å²) in [6.07, 6.45) is 3.78. The fourth-order valence-corrected chi connectivity index (χ4v) is 6.73. The zero-order valence-electron chi connectivity index (χ0n) is 21.9. The number of anilines is 2. The van der Waals surface area contributed by atoms with E-state index >= 15 is 0 Å². The number of aryl methyl sites for hydroxylation is 2. The van der Waals surface area contributed by atoms with Gasteiger partial charge in [-0.2, -0.15) is 0 Å². The lowest BCUT2D eigenvalue weighted by molar-refractivity contribution is 0.102. The van der Waals surface area contributed by atoms with E-state index in [2.05, 4.69) is 23.2 Å². The highest BCUT2D eigenvalue weighted by atomic mass is 32.2. The van der Waals surface area contributed by atoms with Crippen molar-refractivity contribution in [2.45, 2.75) is 38.5 Å². The quantitative estimate of drug-likeness (QED) is 0.346. The number of aromatic nitrogens is 1. The van der Waals surface area contributed by atoms with Gasteiger partial charge >= 0.3 is 0 Å². The second-order valence-corrected chi connectivity index (χ2v) is 11.5. The maximum Gasteiger partial charge on any atom is 0.268 e. The zero-order chi connectivity index (χ0) is 27.2. The number of benzene rings is 3. The van der Waals surface area contributed by atoms with Crippen LogP contribution in [0.5, 0.6) is 11.5 Å². The predicted octanol–water partition coefficient (Wildman–Crippen LogP) is 5.37. The third kappa shape index (κ3) is 4.36. The Morgan fingerprint density at radius 3 is 2.42 bits per heavy atom. The number of hydrogen-bond donors (Lipinski definition) is 2. The summed E-state index contributed by atoms with van der Waals surface area (Å²) in [5, 5.41) is 13.6. The van der Waals surface area contributed by atoms with E-state index in [0.29, 0.717) is 16.5 Å². The van der Waals surface area contributed by atoms with Crippen LogP contribution >= 0.6 is 0 Å². The minimum atomic E-state index is -4.02. The Balaban J connectivity index is 1.51. The standard InChI is InChI=1S/C29H31N3O5S/c1-18-15-19(2)28(31-12-5-6-13-31)20(3)27(18)30-29(34)22-8-7-21-11-14-32(24(21)16-22)38(35,36)23-9-10-25(33)26(17-23)37-4/h7-11,14-17,33H,5-6,12-13H2,1-4H3,(H,30,34). The molecule has 1 amide bonds. The SMILES string of the molecule is COc1cc(S(=O)(=O)n2ccc3ccc(C(=O)Nc4c(C)cc(C)c(N5CCCC5)c4C)cc32)ccc1O. The van der Waals surface area contributed by atoms with Crippen molar-refractivity contribution in [1.29, 1.82) is 0 Å². The molecule has 0 spiro atoms. The van der Waals surface area contributed by atoms with Crippen LogP contribution in [-0.2, 0) is 10.0 Å². The number of phenolic OH excluding ortho intramolecular Hbond substituents is 1. The van der Waals surface area contributed by atoms with Crippen LogP contribution in [0.1, 0.15) is 39.9 Å². The third-order valence-electron chi connectivity index (χ3n) is 7.22. The summed E-state index contributed by atoms with van der Waals surface area (Å²) in [4.78, 5) is 15.8. The number of nitrogens with one attached hydrogen (secondary N) is 1. The van der Waals surface area contributed by atoms with E-state index in [1.807, 2.05) is 13.8 Å². The largest absolute Gasteiger partial charge is 0.504 e. The van der Waals surface area contributed by atoms with Crippen molar-refractivity contribution >= 4 is 38.2 Å². The average molecular weight is 534 g/mol. The zero-order valence-corrected chi connectivity index (χ0v) is 22.7. The molecule has 2 heterocycles. The van der Waals surface area contributed by atoms with Crippen LogP contribution in [0.15, 0.2) is 59.6 Å². The van der Waals surface area contributed by atoms with E-state index in [9.17, 15) is 18.3 Å². The van der Waals surface area contributed by atoms with E-state index in [-0.39, 0.29) is 22.3 Å². The number of ether oxygens (including phenoxy) is 1. The Labute approximate surface area is 222 Å². The van der Waals surface area contributed by atoms with E-state index in [4.69, 9.17) is 4.74 Å². The summed E-state index contributed by atoms with van der Waals surface area (Å²) in [6, 6.07) is 12.7. The van der Waals surface area contributed by atoms with Gasteiger partial charge < -0.3 is 20.1 Å². The Kier molecular flexibility index (Phi) is 6.56. The van der Waals surface area contributed by atoms with Gasteiger partial charge in [-0.3, -0.25) is 4.79 Å². The van der Waals surface area contributed by atoms with Crippen molar-refractivity contribution < 1.29 is 23.1 Å². The van der Waals surface area contributed by atoms with Gasteiger partial charge in [-0.1, -0.05) is 12.1 Å². The maximum absolute atomic E-state index is 13.5. The van der Waals surface area contributed by atoms with Gasteiger partial charge in [-0.05, 0) is 80.6 Å². The molecule has 1 aliphatic rings. The van der Waals surface area contributed by atoms with E-state index in [1.54, 1.807) is 24.3 Å². The van der Waals surface area contributed by atoms with Gasteiger partial charge in [0.25, 0.3) is 15.9 Å². The number of rotatable bonds is 6. The third-order valence-corrected chi connectivity index (χ3v) is 8.91. The molecular weight excluding hydrogens is 502 g/mol. The second kappa shape index (κ2) is 9.72. The number of carbonyl (C=O) groups excluding carboxylic acids is 1. The molecule has 0 unspecified atom stereocenters. The van der Waals surface area contributed by atoms with Gasteiger partial charge in [0.1, 0.15) is 0 Å². The molecule has 0 bridgehead atoms. The Hall–Kier alpha value is -3.98. The predicted molar refractivity (Wildman–Crippen MR) is 149 cm³/mol. The second-order valence-electron chi connectivity index (χ2n) is 9.73. The lowest BCUT2D eigenvalue weighted by Crippen LogP contribution is -2.22. The van der Waals surface area contributed by atoms with Crippen LogP contribution < -0.4 is 15.0 Å². The van der Waals surface area contributed by atoms with Crippen molar-refractivity contribution in [2.75, 3.05) is 30.4 Å². The molecule has 3 aromatic carbocycles. The Bertz CT molecular complexity index is 1670. The molecule has 0 saturated carbocycles. The van der Waals surface area contributed by atoms with Gasteiger partial charge in [0, 0.05) is 47.7 Å². The fourth-order valence-electron chi connectivity index (χ4n) is 5.37. The monoisotopic (exact) mass is 533 g/mol. The van der Waals surface area contributed by atoms with Crippen LogP contribution in [0.4, 0.5) is 11.4 Å². The van der Waals surface area contributed by atoms with Crippen molar-refractivity contribution in [3.63, 3.8) is 0 Å². The van der Waals surface area contributed by atoms with Crippen molar-refractivity contribution in [3.8, 4) is 11.5 Å². The van der Waals surface area contributed by atoms with E-state index in [1.165, 1.54) is 42.8 Å². The molecule has 198 valence electrons. The molecular formula is C29H31N3O5S. The molecule has 38 heavy (non-hydrogen) atoms. The van der Waals surface area contributed by atoms with Crippen LogP contribution in [0.25, 0.3) is 10.9 Å². The lowest BCUT2D eigenvalue weighted by atomic mass is 10.0. The number of aromatic hydroxyl groups is 1. The maximum atomic E-state index is 13.5. The molecule has 5 rings (SSSR count). The van der Waals surface area contributed by atoms with Gasteiger partial charge in [-0.15, -0.1) is 0 Å². The molecule has 0 aliphatic carbocycles. The molecule has 1 aromatic heterocycles. The molecule has 1 saturated heterocycles. The van der Waals surface area contributed by atoms with Crippen molar-refractivity contribution in [2.24, 2.45) is 0 Å². The summed E-state index contributed by atoms with van der Waals surface area (Å²) < 4.78 is 33.1. The van der Waals surface area contributed by atoms with Crippen molar-refractivity contribution in [3.05, 3.63) is 77.0 Å². The van der Waals surface area contributed by atoms with E-state index in [0.717, 1.165) is 46.7 Å². The number of nitrogens with zero attached hydrogens (tertiary/aromatic N) is 2. The molecule has 8 nitrogen and oxygen atoms in total. The van der Waals surface area contributed by atoms with Gasteiger partial charge in [0.05, 0.1) is 17.5 Å². The number of fused-ring (bicyclic) bond motifs is 1. The van der Waals surface area contributed by atoms with Crippen LogP contribution in [0.2, 0.25) is 0 Å². The van der Waals surface area contributed by atoms with Crippen molar-refractivity contribution in [1.82, 2.24) is 3.97 Å². The Morgan fingerprint density at radius 1 is 0.974 bits per heavy atom. The normalized spacial score (nSPS) is 13.7. The first-order valence-electron chi connectivity index (χ1n) is 12.5. The molecule has 2 N–H and O–H groups in total. The van der Waals surface area contributed by atoms with Gasteiger partial charge in [-0.25, -0.2) is 12.4 Å². The van der Waals surface area contributed by atoms with E-state index < -0.39 is 10.0 Å². The number of hydrogen-bond acceptors (Lipinski definition) is 6. The van der Waals surface area contributed by atoms with Crippen LogP contribution in [0, 0.1) is 20.8 Å². The smallest absolute Gasteiger partial charge is 0.268 e. The molecule has 0 radical (unpaired) electrons. The molecule has 9 heteroatoms. The number of carbonyl (C=O) groups is 1. The number of amides is 1. The minimum Gasteiger partial charge on any atom is -0.504 e. The first-order chi connectivity index (χ1) is 18.1. The molecule has 0 atom stereocenters. The average Bonchev–Trinajstić information content (AvgIpc) is 3.56. The number of methoxy groups -OCH3 is 1. The summed E-state index contributed by atoms with van der Waals surface area (Å²) >= 11 is 0. The van der Waals surface area contributed by atoms with Gasteiger partial charge in [0.2, 0.25) is 0 Å². The summed E-state index contributed by atoms with van der Waals surface area (Å²) in [5.74, 6) is -0.414. The molecule has 1 aliphatic heterocycles. The summed E-state index contributed by atoms with van der Waals surface area (Å²) in [6.45, 7) is 8.14. The minimum absolute atomic E-state index is 0.0418. The fraction of sp³-hybridized carbons (Fsp3) is 0.276. The molecule has 4 aromatic rings. The lowest BCUT2D eigenvalue weighted by Gasteiger charge is -2.26. The highest BCUT2D eigenvalue weighted by molar-refractivity contribution is 7.90. The molecule has 1 fully saturated rings. The first kappa shape index (κ1) is 25.7. The summed E-state index contributed by atoms with van der Waals surface area (Å²) in [5.41, 5.74) is 5.87. The van der Waals surface area contributed by atoms with Crippen LogP contribution in [-0.4, -0.2) is 43.6 Å². The van der Waals surface area contributed by atoms with Crippen LogP contribution in [0.3, 0.4) is 0 Å². The summed E-state index contributed by atoms with van der Waals surface area (Å²) in [7, 11) is -2.66. The number of phenols is 1. The van der Waals surface area contributed by atoms with Gasteiger partial charge in [0.15, 0.2) is 11.5 Å². The topological polar surface area (TPSA) is 101 Å². The highest BCUT2D eigenvalue weighted by Gasteiger charge is 2.23. The first-order valence-corrected chi connectivity index (χ1v) is 14.0. The highest BCUT2D eigenvalue weighted by Crippen LogP contribution is 2.36.